The molecular formula is C16H16N2O4S2. The van der Waals surface area contributed by atoms with Crippen molar-refractivity contribution in [1.82, 2.24) is 0 Å². The van der Waals surface area contributed by atoms with E-state index in [0.29, 0.717) is 11.1 Å². The van der Waals surface area contributed by atoms with E-state index in [1.807, 2.05) is 12.3 Å². The molecule has 3 N–H and O–H groups in total. The zero-order valence-corrected chi connectivity index (χ0v) is 15.0. The second kappa shape index (κ2) is 7.50. The van der Waals surface area contributed by atoms with Gasteiger partial charge in [0.15, 0.2) is 0 Å². The van der Waals surface area contributed by atoms with Crippen molar-refractivity contribution in [2.75, 3.05) is 18.7 Å². The molecule has 0 fully saturated rings. The van der Waals surface area contributed by atoms with Crippen LogP contribution >= 0.6 is 23.1 Å². The molecule has 126 valence electrons. The number of amides is 2. The summed E-state index contributed by atoms with van der Waals surface area (Å²) < 4.78 is 4.69. The lowest BCUT2D eigenvalue weighted by Crippen LogP contribution is -2.17. The highest BCUT2D eigenvalue weighted by Crippen LogP contribution is 2.33. The predicted molar refractivity (Wildman–Crippen MR) is 95.1 cm³/mol. The Bertz CT molecular complexity index is 814. The third kappa shape index (κ3) is 3.60. The Kier molecular flexibility index (Phi) is 5.63. The van der Waals surface area contributed by atoms with Gasteiger partial charge in [-0.05, 0) is 36.9 Å². The summed E-state index contributed by atoms with van der Waals surface area (Å²) in [5.74, 6) is -1.68. The molecule has 0 aliphatic heterocycles. The van der Waals surface area contributed by atoms with Crippen LogP contribution in [0.2, 0.25) is 0 Å². The molecule has 0 saturated carbocycles. The maximum Gasteiger partial charge on any atom is 0.348 e. The topological polar surface area (TPSA) is 98.5 Å². The Morgan fingerprint density at radius 1 is 1.29 bits per heavy atom. The number of rotatable bonds is 5. The Morgan fingerprint density at radius 3 is 2.58 bits per heavy atom. The summed E-state index contributed by atoms with van der Waals surface area (Å²) in [4.78, 5) is 37.1. The third-order valence-corrected chi connectivity index (χ3v) is 5.24. The number of thiophene rings is 1. The SMILES string of the molecule is COC(=O)c1sc(NC(=O)c2cccc(SC)c2)c(C(N)=O)c1C. The van der Waals surface area contributed by atoms with Crippen LogP contribution in [0.3, 0.4) is 0 Å². The maximum absolute atomic E-state index is 12.4. The average molecular weight is 364 g/mol. The average Bonchev–Trinajstić information content (AvgIpc) is 2.90. The number of carbonyl (C=O) groups excluding carboxylic acids is 3. The zero-order chi connectivity index (χ0) is 17.9. The zero-order valence-electron chi connectivity index (χ0n) is 13.3. The van der Waals surface area contributed by atoms with Gasteiger partial charge < -0.3 is 15.8 Å². The Hall–Kier alpha value is -2.32. The largest absolute Gasteiger partial charge is 0.465 e. The van der Waals surface area contributed by atoms with Crippen molar-refractivity contribution in [3.63, 3.8) is 0 Å². The van der Waals surface area contributed by atoms with Crippen LogP contribution in [0.25, 0.3) is 0 Å². The van der Waals surface area contributed by atoms with E-state index in [1.54, 1.807) is 25.1 Å². The molecule has 0 spiro atoms. The summed E-state index contributed by atoms with van der Waals surface area (Å²) in [7, 11) is 1.25. The lowest BCUT2D eigenvalue weighted by atomic mass is 10.1. The fraction of sp³-hybridized carbons (Fsp3) is 0.188. The van der Waals surface area contributed by atoms with Gasteiger partial charge in [-0.3, -0.25) is 9.59 Å². The monoisotopic (exact) mass is 364 g/mol. The smallest absolute Gasteiger partial charge is 0.348 e. The van der Waals surface area contributed by atoms with Crippen LogP contribution in [0.1, 0.15) is 36.0 Å². The molecule has 0 bridgehead atoms. The number of anilines is 1. The van der Waals surface area contributed by atoms with Crippen molar-refractivity contribution in [3.05, 3.63) is 45.8 Å². The fourth-order valence-corrected chi connectivity index (χ4v) is 3.71. The molecule has 6 nitrogen and oxygen atoms in total. The quantitative estimate of drug-likeness (QED) is 0.628. The number of esters is 1. The molecule has 1 aromatic carbocycles. The van der Waals surface area contributed by atoms with Crippen molar-refractivity contribution in [2.24, 2.45) is 5.73 Å². The van der Waals surface area contributed by atoms with E-state index in [0.717, 1.165) is 16.2 Å². The molecule has 2 aromatic rings. The fourth-order valence-electron chi connectivity index (χ4n) is 2.13. The Morgan fingerprint density at radius 2 is 2.00 bits per heavy atom. The number of benzene rings is 1. The molecule has 0 aliphatic carbocycles. The van der Waals surface area contributed by atoms with Gasteiger partial charge >= 0.3 is 5.97 Å². The first-order chi connectivity index (χ1) is 11.4. The van der Waals surface area contributed by atoms with Crippen molar-refractivity contribution in [2.45, 2.75) is 11.8 Å². The van der Waals surface area contributed by atoms with E-state index in [2.05, 4.69) is 10.1 Å². The molecule has 1 heterocycles. The first kappa shape index (κ1) is 18.0. The van der Waals surface area contributed by atoms with Crippen LogP contribution in [0.4, 0.5) is 5.00 Å². The van der Waals surface area contributed by atoms with Gasteiger partial charge in [0, 0.05) is 10.5 Å². The number of methoxy groups -OCH3 is 1. The number of hydrogen-bond donors (Lipinski definition) is 2. The lowest BCUT2D eigenvalue weighted by molar-refractivity contribution is 0.0605. The second-order valence-electron chi connectivity index (χ2n) is 4.80. The van der Waals surface area contributed by atoms with E-state index in [1.165, 1.54) is 18.9 Å². The summed E-state index contributed by atoms with van der Waals surface area (Å²) >= 11 is 2.48. The van der Waals surface area contributed by atoms with Gasteiger partial charge in [0.05, 0.1) is 12.7 Å². The summed E-state index contributed by atoms with van der Waals surface area (Å²) in [5, 5.41) is 2.90. The highest BCUT2D eigenvalue weighted by atomic mass is 32.2. The number of nitrogens with two attached hydrogens (primary N) is 1. The van der Waals surface area contributed by atoms with E-state index in [4.69, 9.17) is 5.73 Å². The van der Waals surface area contributed by atoms with Gasteiger partial charge in [-0.15, -0.1) is 23.1 Å². The van der Waals surface area contributed by atoms with E-state index in [-0.39, 0.29) is 21.3 Å². The summed E-state index contributed by atoms with van der Waals surface area (Å²) in [6, 6.07) is 7.07. The van der Waals surface area contributed by atoms with Gasteiger partial charge in [-0.25, -0.2) is 4.79 Å². The number of ether oxygens (including phenoxy) is 1. The minimum absolute atomic E-state index is 0.120. The highest BCUT2D eigenvalue weighted by Gasteiger charge is 2.25. The number of primary amides is 1. The van der Waals surface area contributed by atoms with Gasteiger partial charge in [0.2, 0.25) is 0 Å². The first-order valence-corrected chi connectivity index (χ1v) is 8.90. The van der Waals surface area contributed by atoms with Gasteiger partial charge in [-0.1, -0.05) is 6.07 Å². The molecule has 8 heteroatoms. The van der Waals surface area contributed by atoms with Crippen LogP contribution in [-0.2, 0) is 4.74 Å². The van der Waals surface area contributed by atoms with Crippen LogP contribution in [-0.4, -0.2) is 31.1 Å². The van der Waals surface area contributed by atoms with Crippen LogP contribution < -0.4 is 11.1 Å². The minimum atomic E-state index is -0.716. The lowest BCUT2D eigenvalue weighted by Gasteiger charge is -2.06. The van der Waals surface area contributed by atoms with Crippen LogP contribution in [0, 0.1) is 6.92 Å². The van der Waals surface area contributed by atoms with Crippen LogP contribution in [0.15, 0.2) is 29.2 Å². The normalized spacial score (nSPS) is 10.3. The van der Waals surface area contributed by atoms with Gasteiger partial charge in [-0.2, -0.15) is 0 Å². The van der Waals surface area contributed by atoms with E-state index in [9.17, 15) is 14.4 Å². The molecule has 0 aliphatic rings. The number of nitrogens with one attached hydrogen (secondary N) is 1. The van der Waals surface area contributed by atoms with E-state index < -0.39 is 11.9 Å². The molecule has 0 unspecified atom stereocenters. The summed E-state index contributed by atoms with van der Waals surface area (Å²) in [5.41, 5.74) is 6.35. The highest BCUT2D eigenvalue weighted by molar-refractivity contribution is 7.98. The summed E-state index contributed by atoms with van der Waals surface area (Å²) in [6.07, 6.45) is 1.91. The molecule has 0 saturated heterocycles. The molecule has 1 aromatic heterocycles. The molecular weight excluding hydrogens is 348 g/mol. The molecule has 0 atom stereocenters. The van der Waals surface area contributed by atoms with Crippen molar-refractivity contribution >= 4 is 45.9 Å². The number of thioether (sulfide) groups is 1. The predicted octanol–water partition coefficient (Wildman–Crippen LogP) is 2.92. The van der Waals surface area contributed by atoms with Gasteiger partial charge in [0.25, 0.3) is 11.8 Å². The Balaban J connectivity index is 2.39. The second-order valence-corrected chi connectivity index (χ2v) is 6.70. The standard InChI is InChI=1S/C16H16N2O4S2/c1-8-11(13(17)19)15(24-12(8)16(21)22-2)18-14(20)9-5-4-6-10(7-9)23-3/h4-7H,1-3H3,(H2,17,19)(H,18,20). The van der Waals surface area contributed by atoms with Crippen molar-refractivity contribution in [1.29, 1.82) is 0 Å². The number of carbonyl (C=O) groups is 3. The number of hydrogen-bond acceptors (Lipinski definition) is 6. The third-order valence-electron chi connectivity index (χ3n) is 3.32. The van der Waals surface area contributed by atoms with Crippen LogP contribution in [0.5, 0.6) is 0 Å². The summed E-state index contributed by atoms with van der Waals surface area (Å²) in [6.45, 7) is 1.59. The van der Waals surface area contributed by atoms with Crippen molar-refractivity contribution < 1.29 is 19.1 Å². The molecule has 2 amide bonds. The molecule has 2 rings (SSSR count). The maximum atomic E-state index is 12.4. The Labute approximate surface area is 147 Å². The molecule has 24 heavy (non-hydrogen) atoms. The molecule has 0 radical (unpaired) electrons. The van der Waals surface area contributed by atoms with Crippen molar-refractivity contribution in [3.8, 4) is 0 Å². The minimum Gasteiger partial charge on any atom is -0.465 e. The van der Waals surface area contributed by atoms with E-state index >= 15 is 0 Å². The first-order valence-electron chi connectivity index (χ1n) is 6.86. The van der Waals surface area contributed by atoms with Gasteiger partial charge in [0.1, 0.15) is 9.88 Å².